The first kappa shape index (κ1) is 32.2. The zero-order valence-corrected chi connectivity index (χ0v) is 25.8. The molecule has 3 aromatic carbocycles. The molecule has 0 spiro atoms. The number of carbonyl (C=O) groups is 2. The van der Waals surface area contributed by atoms with E-state index >= 15 is 0 Å². The van der Waals surface area contributed by atoms with Crippen LogP contribution >= 0.6 is 23.2 Å². The number of amides is 2. The van der Waals surface area contributed by atoms with Crippen molar-refractivity contribution in [2.45, 2.75) is 57.6 Å². The zero-order chi connectivity index (χ0) is 30.2. The van der Waals surface area contributed by atoms with Gasteiger partial charge in [-0.1, -0.05) is 54.4 Å². The van der Waals surface area contributed by atoms with Crippen molar-refractivity contribution in [3.63, 3.8) is 0 Å². The third kappa shape index (κ3) is 8.38. The van der Waals surface area contributed by atoms with Gasteiger partial charge < -0.3 is 15.0 Å². The highest BCUT2D eigenvalue weighted by molar-refractivity contribution is 7.92. The van der Waals surface area contributed by atoms with Crippen LogP contribution in [0.4, 0.5) is 5.69 Å². The van der Waals surface area contributed by atoms with Gasteiger partial charge in [-0.25, -0.2) is 8.42 Å². The van der Waals surface area contributed by atoms with Crippen molar-refractivity contribution in [1.29, 1.82) is 0 Å². The normalized spacial score (nSPS) is 12.7. The Morgan fingerprint density at radius 2 is 1.49 bits per heavy atom. The highest BCUT2D eigenvalue weighted by atomic mass is 35.5. The molecule has 0 aliphatic heterocycles. The number of carbonyl (C=O) groups excluding carboxylic acids is 2. The van der Waals surface area contributed by atoms with Gasteiger partial charge >= 0.3 is 0 Å². The molecule has 0 bridgehead atoms. The van der Waals surface area contributed by atoms with Crippen LogP contribution < -0.4 is 14.4 Å². The highest BCUT2D eigenvalue weighted by Gasteiger charge is 2.34. The average molecular weight is 621 g/mol. The fourth-order valence-electron chi connectivity index (χ4n) is 4.02. The Kier molecular flexibility index (Phi) is 11.5. The average Bonchev–Trinajstić information content (AvgIpc) is 2.95. The predicted octanol–water partition coefficient (Wildman–Crippen LogP) is 5.92. The topological polar surface area (TPSA) is 96.0 Å². The summed E-state index contributed by atoms with van der Waals surface area (Å²) in [6.45, 7) is 7.00. The molecule has 0 aliphatic carbocycles. The number of anilines is 1. The number of nitrogens with zero attached hydrogens (tertiary/aromatic N) is 2. The maximum Gasteiger partial charge on any atom is 0.264 e. The summed E-state index contributed by atoms with van der Waals surface area (Å²) in [4.78, 5) is 28.5. The molecule has 2 amide bonds. The standard InChI is InChI=1S/C30H35Cl2N3O5S/c1-5-21(3)33-30(37)22(4)34(19-23-11-13-24(31)14-12-23)29(36)20-35(27-9-7-8-10-28(27)40-6-2)41(38,39)26-17-15-25(32)16-18-26/h7-18,21-22H,5-6,19-20H2,1-4H3,(H,33,37)/t21-,22-/m0/s1. The molecule has 0 fully saturated rings. The summed E-state index contributed by atoms with van der Waals surface area (Å²) in [5.74, 6) is -0.619. The summed E-state index contributed by atoms with van der Waals surface area (Å²) >= 11 is 12.1. The van der Waals surface area contributed by atoms with Gasteiger partial charge in [0.25, 0.3) is 10.0 Å². The first-order valence-electron chi connectivity index (χ1n) is 13.3. The van der Waals surface area contributed by atoms with Crippen LogP contribution in [-0.4, -0.2) is 50.4 Å². The number of hydrogen-bond acceptors (Lipinski definition) is 5. The van der Waals surface area contributed by atoms with Gasteiger partial charge in [0, 0.05) is 22.6 Å². The second-order valence-electron chi connectivity index (χ2n) is 9.51. The van der Waals surface area contributed by atoms with Gasteiger partial charge in [0.2, 0.25) is 11.8 Å². The van der Waals surface area contributed by atoms with Gasteiger partial charge in [0.05, 0.1) is 17.2 Å². The van der Waals surface area contributed by atoms with Gasteiger partial charge in [-0.3, -0.25) is 13.9 Å². The molecule has 8 nitrogen and oxygen atoms in total. The smallest absolute Gasteiger partial charge is 0.264 e. The SMILES string of the molecule is CCOc1ccccc1N(CC(=O)N(Cc1ccc(Cl)cc1)[C@@H](C)C(=O)N[C@@H](C)CC)S(=O)(=O)c1ccc(Cl)cc1. The van der Waals surface area contributed by atoms with E-state index in [1.165, 1.54) is 29.2 Å². The van der Waals surface area contributed by atoms with Gasteiger partial charge in [0.15, 0.2) is 0 Å². The molecule has 0 aliphatic rings. The van der Waals surface area contributed by atoms with Crippen molar-refractivity contribution in [2.75, 3.05) is 17.5 Å². The number of nitrogens with one attached hydrogen (secondary N) is 1. The number of sulfonamides is 1. The summed E-state index contributed by atoms with van der Waals surface area (Å²) in [6.07, 6.45) is 0.713. The quantitative estimate of drug-likeness (QED) is 0.256. The Morgan fingerprint density at radius 3 is 2.07 bits per heavy atom. The van der Waals surface area contributed by atoms with Crippen LogP contribution in [-0.2, 0) is 26.2 Å². The van der Waals surface area contributed by atoms with E-state index in [1.807, 2.05) is 13.8 Å². The lowest BCUT2D eigenvalue weighted by atomic mass is 10.1. The molecule has 11 heteroatoms. The Hall–Kier alpha value is -3.27. The van der Waals surface area contributed by atoms with E-state index in [0.29, 0.717) is 22.2 Å². The largest absolute Gasteiger partial charge is 0.492 e. The Balaban J connectivity index is 2.07. The molecule has 0 aromatic heterocycles. The van der Waals surface area contributed by atoms with Crippen LogP contribution in [0.1, 0.15) is 39.7 Å². The summed E-state index contributed by atoms with van der Waals surface area (Å²) in [5.41, 5.74) is 0.925. The minimum absolute atomic E-state index is 0.0483. The molecule has 3 rings (SSSR count). The molecule has 0 saturated carbocycles. The van der Waals surface area contributed by atoms with Gasteiger partial charge in [-0.05, 0) is 81.3 Å². The second-order valence-corrected chi connectivity index (χ2v) is 12.2. The number of para-hydroxylation sites is 2. The van der Waals surface area contributed by atoms with Crippen molar-refractivity contribution in [3.8, 4) is 5.75 Å². The highest BCUT2D eigenvalue weighted by Crippen LogP contribution is 2.33. The van der Waals surface area contributed by atoms with Crippen molar-refractivity contribution in [3.05, 3.63) is 88.4 Å². The van der Waals surface area contributed by atoms with Crippen LogP contribution in [0.5, 0.6) is 5.75 Å². The van der Waals surface area contributed by atoms with Crippen LogP contribution in [0.25, 0.3) is 0 Å². The fourth-order valence-corrected chi connectivity index (χ4v) is 5.70. The van der Waals surface area contributed by atoms with E-state index < -0.39 is 28.5 Å². The fraction of sp³-hybridized carbons (Fsp3) is 0.333. The third-order valence-corrected chi connectivity index (χ3v) is 8.83. The number of ether oxygens (including phenoxy) is 1. The molecule has 0 radical (unpaired) electrons. The minimum Gasteiger partial charge on any atom is -0.492 e. The number of benzene rings is 3. The zero-order valence-electron chi connectivity index (χ0n) is 23.5. The molecular weight excluding hydrogens is 585 g/mol. The molecule has 0 unspecified atom stereocenters. The summed E-state index contributed by atoms with van der Waals surface area (Å²) < 4.78 is 34.8. The lowest BCUT2D eigenvalue weighted by Gasteiger charge is -2.33. The number of rotatable bonds is 13. The first-order valence-corrected chi connectivity index (χ1v) is 15.5. The van der Waals surface area contributed by atoms with Crippen molar-refractivity contribution in [2.24, 2.45) is 0 Å². The van der Waals surface area contributed by atoms with Crippen LogP contribution in [0, 0.1) is 0 Å². The Labute approximate surface area is 252 Å². The third-order valence-electron chi connectivity index (χ3n) is 6.55. The van der Waals surface area contributed by atoms with E-state index in [2.05, 4.69) is 5.32 Å². The first-order chi connectivity index (χ1) is 19.5. The summed E-state index contributed by atoms with van der Waals surface area (Å²) in [6, 6.07) is 18.2. The molecule has 220 valence electrons. The lowest BCUT2D eigenvalue weighted by molar-refractivity contribution is -0.139. The summed E-state index contributed by atoms with van der Waals surface area (Å²) in [7, 11) is -4.26. The molecule has 3 aromatic rings. The maximum absolute atomic E-state index is 14.1. The molecule has 2 atom stereocenters. The lowest BCUT2D eigenvalue weighted by Crippen LogP contribution is -2.52. The van der Waals surface area contributed by atoms with Gasteiger partial charge in [0.1, 0.15) is 18.3 Å². The van der Waals surface area contributed by atoms with Gasteiger partial charge in [-0.2, -0.15) is 0 Å². The van der Waals surface area contributed by atoms with E-state index in [0.717, 1.165) is 9.87 Å². The van der Waals surface area contributed by atoms with Crippen molar-refractivity contribution in [1.82, 2.24) is 10.2 Å². The van der Waals surface area contributed by atoms with E-state index in [9.17, 15) is 18.0 Å². The van der Waals surface area contributed by atoms with Crippen molar-refractivity contribution >= 4 is 50.7 Å². The van der Waals surface area contributed by atoms with Crippen molar-refractivity contribution < 1.29 is 22.7 Å². The maximum atomic E-state index is 14.1. The van der Waals surface area contributed by atoms with Crippen LogP contribution in [0.2, 0.25) is 10.0 Å². The van der Waals surface area contributed by atoms with Crippen LogP contribution in [0.15, 0.2) is 77.7 Å². The monoisotopic (exact) mass is 619 g/mol. The minimum atomic E-state index is -4.26. The Morgan fingerprint density at radius 1 is 0.902 bits per heavy atom. The predicted molar refractivity (Wildman–Crippen MR) is 163 cm³/mol. The molecule has 1 N–H and O–H groups in total. The number of halogens is 2. The molecule has 0 saturated heterocycles. The van der Waals surface area contributed by atoms with Gasteiger partial charge in [-0.15, -0.1) is 0 Å². The summed E-state index contributed by atoms with van der Waals surface area (Å²) in [5, 5.41) is 3.81. The Bertz CT molecular complexity index is 1430. The van der Waals surface area contributed by atoms with E-state index in [1.54, 1.807) is 62.4 Å². The van der Waals surface area contributed by atoms with Crippen LogP contribution in [0.3, 0.4) is 0 Å². The number of hydrogen-bond donors (Lipinski definition) is 1. The molecular formula is C30H35Cl2N3O5S. The molecule has 41 heavy (non-hydrogen) atoms. The van der Waals surface area contributed by atoms with E-state index in [4.69, 9.17) is 27.9 Å². The van der Waals surface area contributed by atoms with E-state index in [-0.39, 0.29) is 35.7 Å². The second kappa shape index (κ2) is 14.6. The molecule has 0 heterocycles.